The fourth-order valence-electron chi connectivity index (χ4n) is 1.86. The lowest BCUT2D eigenvalue weighted by Gasteiger charge is -2.23. The molecule has 0 saturated heterocycles. The van der Waals surface area contributed by atoms with E-state index in [4.69, 9.17) is 5.11 Å². The summed E-state index contributed by atoms with van der Waals surface area (Å²) in [6.07, 6.45) is 0. The van der Waals surface area contributed by atoms with Crippen molar-refractivity contribution in [1.29, 1.82) is 0 Å². The van der Waals surface area contributed by atoms with Crippen LogP contribution in [0.25, 0.3) is 0 Å². The van der Waals surface area contributed by atoms with Gasteiger partial charge >= 0.3 is 0 Å². The second kappa shape index (κ2) is 5.52. The van der Waals surface area contributed by atoms with Crippen LogP contribution in [-0.2, 0) is 12.0 Å². The minimum atomic E-state index is -0.0676. The molecule has 0 aromatic heterocycles. The number of nitrogens with one attached hydrogen (secondary N) is 1. The summed E-state index contributed by atoms with van der Waals surface area (Å²) >= 11 is 0. The highest BCUT2D eigenvalue weighted by molar-refractivity contribution is 5.46. The van der Waals surface area contributed by atoms with E-state index in [1.165, 1.54) is 0 Å². The monoisotopic (exact) mass is 237 g/mol. The van der Waals surface area contributed by atoms with E-state index in [0.717, 1.165) is 16.7 Å². The molecule has 0 heterocycles. The maximum absolute atomic E-state index is 10.2. The van der Waals surface area contributed by atoms with E-state index in [-0.39, 0.29) is 12.0 Å². The van der Waals surface area contributed by atoms with Crippen LogP contribution in [0.3, 0.4) is 0 Å². The number of rotatable bonds is 4. The smallest absolute Gasteiger partial charge is 0.123 e. The van der Waals surface area contributed by atoms with Gasteiger partial charge in [0, 0.05) is 18.7 Å². The van der Waals surface area contributed by atoms with Crippen molar-refractivity contribution in [2.75, 3.05) is 13.2 Å². The number of benzene rings is 1. The molecule has 0 radical (unpaired) electrons. The molecule has 1 aromatic rings. The van der Waals surface area contributed by atoms with Crippen LogP contribution in [0.5, 0.6) is 5.75 Å². The predicted octanol–water partition coefficient (Wildman–Crippen LogP) is 2.08. The number of hydrogen-bond acceptors (Lipinski definition) is 3. The van der Waals surface area contributed by atoms with Crippen molar-refractivity contribution >= 4 is 0 Å². The Labute approximate surface area is 103 Å². The van der Waals surface area contributed by atoms with Gasteiger partial charge in [0.1, 0.15) is 5.75 Å². The largest absolute Gasteiger partial charge is 0.507 e. The van der Waals surface area contributed by atoms with Gasteiger partial charge < -0.3 is 15.5 Å². The van der Waals surface area contributed by atoms with Crippen molar-refractivity contribution < 1.29 is 10.2 Å². The van der Waals surface area contributed by atoms with Crippen LogP contribution in [0.15, 0.2) is 12.1 Å². The van der Waals surface area contributed by atoms with Crippen LogP contribution in [0.1, 0.15) is 37.5 Å². The second-order valence-corrected chi connectivity index (χ2v) is 5.47. The average molecular weight is 237 g/mol. The summed E-state index contributed by atoms with van der Waals surface area (Å²) in [6.45, 7) is 9.53. The Hall–Kier alpha value is -1.06. The molecule has 0 aliphatic rings. The van der Waals surface area contributed by atoms with Crippen LogP contribution < -0.4 is 5.32 Å². The Balaban J connectivity index is 3.02. The zero-order chi connectivity index (χ0) is 13.1. The molecular weight excluding hydrogens is 214 g/mol. The first-order valence-corrected chi connectivity index (χ1v) is 6.01. The summed E-state index contributed by atoms with van der Waals surface area (Å²) in [5, 5.41) is 22.1. The molecule has 0 aliphatic heterocycles. The number of phenols is 1. The third kappa shape index (κ3) is 3.72. The Morgan fingerprint density at radius 1 is 1.24 bits per heavy atom. The van der Waals surface area contributed by atoms with E-state index in [2.05, 4.69) is 26.1 Å². The highest BCUT2D eigenvalue weighted by Crippen LogP contribution is 2.34. The first-order valence-electron chi connectivity index (χ1n) is 6.01. The normalized spacial score (nSPS) is 11.8. The molecule has 1 rings (SSSR count). The van der Waals surface area contributed by atoms with Crippen LogP contribution in [0, 0.1) is 6.92 Å². The van der Waals surface area contributed by atoms with Crippen molar-refractivity contribution in [1.82, 2.24) is 5.32 Å². The lowest BCUT2D eigenvalue weighted by atomic mass is 9.84. The molecule has 0 amide bonds. The Morgan fingerprint density at radius 3 is 2.41 bits per heavy atom. The SMILES string of the molecule is Cc1cc(CNCCO)c(O)c(C(C)(C)C)c1. The molecule has 3 nitrogen and oxygen atoms in total. The van der Waals surface area contributed by atoms with Crippen molar-refractivity contribution in [3.8, 4) is 5.75 Å². The number of hydrogen-bond donors (Lipinski definition) is 3. The first-order chi connectivity index (χ1) is 7.86. The molecule has 0 saturated carbocycles. The van der Waals surface area contributed by atoms with Crippen LogP contribution in [0.2, 0.25) is 0 Å². The number of phenolic OH excluding ortho intramolecular Hbond substituents is 1. The highest BCUT2D eigenvalue weighted by atomic mass is 16.3. The molecule has 0 aliphatic carbocycles. The van der Waals surface area contributed by atoms with E-state index < -0.39 is 0 Å². The van der Waals surface area contributed by atoms with Gasteiger partial charge in [-0.25, -0.2) is 0 Å². The minimum Gasteiger partial charge on any atom is -0.507 e. The number of aliphatic hydroxyl groups is 1. The van der Waals surface area contributed by atoms with Crippen molar-refractivity contribution in [3.05, 3.63) is 28.8 Å². The fourth-order valence-corrected chi connectivity index (χ4v) is 1.86. The van der Waals surface area contributed by atoms with Gasteiger partial charge in [0.2, 0.25) is 0 Å². The standard InChI is InChI=1S/C14H23NO2/c1-10-7-11(9-15-5-6-16)13(17)12(8-10)14(2,3)4/h7-8,15-17H,5-6,9H2,1-4H3. The summed E-state index contributed by atoms with van der Waals surface area (Å²) in [5.41, 5.74) is 2.94. The number of aliphatic hydroxyl groups excluding tert-OH is 1. The molecule has 0 spiro atoms. The summed E-state index contributed by atoms with van der Waals surface area (Å²) in [5.74, 6) is 0.369. The maximum Gasteiger partial charge on any atom is 0.123 e. The molecule has 0 atom stereocenters. The van der Waals surface area contributed by atoms with Crippen LogP contribution in [-0.4, -0.2) is 23.4 Å². The molecule has 0 fully saturated rings. The first kappa shape index (κ1) is 14.0. The third-order valence-electron chi connectivity index (χ3n) is 2.75. The van der Waals surface area contributed by atoms with Crippen LogP contribution in [0.4, 0.5) is 0 Å². The molecule has 0 bridgehead atoms. The zero-order valence-electron chi connectivity index (χ0n) is 11.2. The number of aryl methyl sites for hydroxylation is 1. The van der Waals surface area contributed by atoms with Gasteiger partial charge in [0.25, 0.3) is 0 Å². The molecule has 3 N–H and O–H groups in total. The lowest BCUT2D eigenvalue weighted by Crippen LogP contribution is -2.19. The highest BCUT2D eigenvalue weighted by Gasteiger charge is 2.20. The molecule has 3 heteroatoms. The lowest BCUT2D eigenvalue weighted by molar-refractivity contribution is 0.291. The van der Waals surface area contributed by atoms with Crippen molar-refractivity contribution in [3.63, 3.8) is 0 Å². The summed E-state index contributed by atoms with van der Waals surface area (Å²) < 4.78 is 0. The maximum atomic E-state index is 10.2. The average Bonchev–Trinajstić information content (AvgIpc) is 2.21. The minimum absolute atomic E-state index is 0.0676. The van der Waals surface area contributed by atoms with Gasteiger partial charge in [-0.3, -0.25) is 0 Å². The zero-order valence-corrected chi connectivity index (χ0v) is 11.2. The Kier molecular flexibility index (Phi) is 4.54. The van der Waals surface area contributed by atoms with E-state index in [1.807, 2.05) is 19.1 Å². The molecule has 96 valence electrons. The Bertz CT molecular complexity index is 381. The Morgan fingerprint density at radius 2 is 1.88 bits per heavy atom. The van der Waals surface area contributed by atoms with Gasteiger partial charge in [0.05, 0.1) is 6.61 Å². The molecule has 17 heavy (non-hydrogen) atoms. The molecule has 1 aromatic carbocycles. The summed E-state index contributed by atoms with van der Waals surface area (Å²) in [4.78, 5) is 0. The fraction of sp³-hybridized carbons (Fsp3) is 0.571. The quantitative estimate of drug-likeness (QED) is 0.703. The molecular formula is C14H23NO2. The van der Waals surface area contributed by atoms with Gasteiger partial charge in [-0.05, 0) is 17.9 Å². The predicted molar refractivity (Wildman–Crippen MR) is 70.3 cm³/mol. The van der Waals surface area contributed by atoms with Gasteiger partial charge in [-0.2, -0.15) is 0 Å². The van der Waals surface area contributed by atoms with Gasteiger partial charge in [0.15, 0.2) is 0 Å². The molecule has 0 unspecified atom stereocenters. The summed E-state index contributed by atoms with van der Waals surface area (Å²) in [6, 6.07) is 4.01. The third-order valence-corrected chi connectivity index (χ3v) is 2.75. The number of aromatic hydroxyl groups is 1. The van der Waals surface area contributed by atoms with Crippen molar-refractivity contribution in [2.45, 2.75) is 39.7 Å². The second-order valence-electron chi connectivity index (χ2n) is 5.47. The summed E-state index contributed by atoms with van der Waals surface area (Å²) in [7, 11) is 0. The van der Waals surface area contributed by atoms with Gasteiger partial charge in [-0.1, -0.05) is 38.5 Å². The van der Waals surface area contributed by atoms with E-state index in [1.54, 1.807) is 0 Å². The van der Waals surface area contributed by atoms with Crippen molar-refractivity contribution in [2.24, 2.45) is 0 Å². The van der Waals surface area contributed by atoms with Crippen LogP contribution >= 0.6 is 0 Å². The topological polar surface area (TPSA) is 52.5 Å². The van der Waals surface area contributed by atoms with E-state index in [9.17, 15) is 5.11 Å². The van der Waals surface area contributed by atoms with E-state index >= 15 is 0 Å². The van der Waals surface area contributed by atoms with E-state index in [0.29, 0.717) is 18.8 Å². The van der Waals surface area contributed by atoms with Gasteiger partial charge in [-0.15, -0.1) is 0 Å².